The fourth-order valence-electron chi connectivity index (χ4n) is 3.70. The Hall–Kier alpha value is -3.86. The van der Waals surface area contributed by atoms with E-state index < -0.39 is 44.4 Å². The van der Waals surface area contributed by atoms with Gasteiger partial charge in [-0.25, -0.2) is 22.2 Å². The van der Waals surface area contributed by atoms with E-state index in [0.717, 1.165) is 12.1 Å². The molecule has 0 saturated heterocycles. The molecule has 0 bridgehead atoms. The van der Waals surface area contributed by atoms with Gasteiger partial charge in [0.15, 0.2) is 9.84 Å². The molecular weight excluding hydrogens is 466 g/mol. The van der Waals surface area contributed by atoms with Crippen molar-refractivity contribution in [3.8, 4) is 5.75 Å². The minimum Gasteiger partial charge on any atom is -0.495 e. The summed E-state index contributed by atoms with van der Waals surface area (Å²) in [6.07, 6.45) is 1.38. The largest absolute Gasteiger partial charge is 0.495 e. The first-order valence-corrected chi connectivity index (χ1v) is 11.8. The van der Waals surface area contributed by atoms with E-state index in [9.17, 15) is 22.0 Å². The summed E-state index contributed by atoms with van der Waals surface area (Å²) in [5.41, 5.74) is 6.39. The van der Waals surface area contributed by atoms with E-state index in [1.807, 2.05) is 0 Å². The summed E-state index contributed by atoms with van der Waals surface area (Å²) in [6.45, 7) is 0. The van der Waals surface area contributed by atoms with E-state index in [1.165, 1.54) is 49.7 Å². The number of amides is 1. The van der Waals surface area contributed by atoms with E-state index in [2.05, 4.69) is 15.3 Å². The summed E-state index contributed by atoms with van der Waals surface area (Å²) in [6, 6.07) is 10.7. The SMILES string of the molecule is COc1ccc(C(=O)Nc2ccc(F)c(C3CS(=O)(=O)C(c4cccc(F)c4)C(N)=N3)c2)nc1. The summed E-state index contributed by atoms with van der Waals surface area (Å²) in [7, 11) is -2.47. The Balaban J connectivity index is 1.62. The van der Waals surface area contributed by atoms with E-state index in [4.69, 9.17) is 10.5 Å². The lowest BCUT2D eigenvalue weighted by molar-refractivity contribution is 0.102. The summed E-state index contributed by atoms with van der Waals surface area (Å²) in [5.74, 6) is -2.19. The van der Waals surface area contributed by atoms with Gasteiger partial charge in [-0.3, -0.25) is 9.79 Å². The van der Waals surface area contributed by atoms with Gasteiger partial charge in [0.1, 0.15) is 34.2 Å². The highest BCUT2D eigenvalue weighted by molar-refractivity contribution is 7.92. The van der Waals surface area contributed by atoms with Crippen LogP contribution in [0.25, 0.3) is 0 Å². The van der Waals surface area contributed by atoms with Gasteiger partial charge in [0.05, 0.1) is 25.1 Å². The van der Waals surface area contributed by atoms with Gasteiger partial charge in [-0.05, 0) is 48.0 Å². The van der Waals surface area contributed by atoms with Crippen LogP contribution in [-0.4, -0.2) is 38.0 Å². The molecule has 34 heavy (non-hydrogen) atoms. The normalized spacial score (nSPS) is 19.2. The number of carbonyl (C=O) groups is 1. The van der Waals surface area contributed by atoms with E-state index >= 15 is 0 Å². The van der Waals surface area contributed by atoms with Crippen LogP contribution in [0.1, 0.15) is 32.9 Å². The maximum Gasteiger partial charge on any atom is 0.274 e. The van der Waals surface area contributed by atoms with Crippen molar-refractivity contribution in [1.82, 2.24) is 4.98 Å². The molecule has 2 atom stereocenters. The predicted molar refractivity (Wildman–Crippen MR) is 122 cm³/mol. The minimum atomic E-state index is -3.94. The second-order valence-corrected chi connectivity index (χ2v) is 9.74. The molecule has 1 aliphatic rings. The quantitative estimate of drug-likeness (QED) is 0.571. The van der Waals surface area contributed by atoms with Crippen LogP contribution in [0.2, 0.25) is 0 Å². The number of carbonyl (C=O) groups excluding carboxylic acids is 1. The Morgan fingerprint density at radius 3 is 2.59 bits per heavy atom. The number of anilines is 1. The molecule has 0 fully saturated rings. The molecular formula is C23H20F2N4O4S. The number of aliphatic imine (C=N–C) groups is 1. The highest BCUT2D eigenvalue weighted by Gasteiger charge is 2.39. The first-order valence-electron chi connectivity index (χ1n) is 10.1. The Morgan fingerprint density at radius 1 is 1.15 bits per heavy atom. The number of sulfone groups is 1. The number of aromatic nitrogens is 1. The summed E-state index contributed by atoms with van der Waals surface area (Å²) in [5, 5.41) is 1.27. The number of halogens is 2. The summed E-state index contributed by atoms with van der Waals surface area (Å²) < 4.78 is 59.3. The molecule has 176 valence electrons. The topological polar surface area (TPSA) is 124 Å². The van der Waals surface area contributed by atoms with Crippen LogP contribution < -0.4 is 15.8 Å². The molecule has 2 unspecified atom stereocenters. The molecule has 0 radical (unpaired) electrons. The Labute approximate surface area is 194 Å². The van der Waals surface area contributed by atoms with Crippen molar-refractivity contribution in [3.05, 3.63) is 89.2 Å². The maximum absolute atomic E-state index is 14.7. The first-order chi connectivity index (χ1) is 16.2. The number of hydrogen-bond donors (Lipinski definition) is 2. The number of ether oxygens (including phenoxy) is 1. The lowest BCUT2D eigenvalue weighted by atomic mass is 10.1. The number of nitrogens with zero attached hydrogens (tertiary/aromatic N) is 2. The number of hydrogen-bond acceptors (Lipinski definition) is 7. The van der Waals surface area contributed by atoms with Crippen LogP contribution in [0.3, 0.4) is 0 Å². The van der Waals surface area contributed by atoms with Gasteiger partial charge in [-0.2, -0.15) is 0 Å². The summed E-state index contributed by atoms with van der Waals surface area (Å²) in [4.78, 5) is 20.7. The molecule has 1 aromatic heterocycles. The van der Waals surface area contributed by atoms with Crippen molar-refractivity contribution in [3.63, 3.8) is 0 Å². The number of nitrogens with one attached hydrogen (secondary N) is 1. The third-order valence-electron chi connectivity index (χ3n) is 5.29. The molecule has 3 aromatic rings. The fourth-order valence-corrected chi connectivity index (χ4v) is 5.58. The van der Waals surface area contributed by atoms with Crippen molar-refractivity contribution in [1.29, 1.82) is 0 Å². The first kappa shape index (κ1) is 23.3. The van der Waals surface area contributed by atoms with Gasteiger partial charge in [0, 0.05) is 11.3 Å². The van der Waals surface area contributed by atoms with Gasteiger partial charge in [0.2, 0.25) is 0 Å². The molecule has 3 N–H and O–H groups in total. The monoisotopic (exact) mass is 486 g/mol. The lowest BCUT2D eigenvalue weighted by Gasteiger charge is -2.27. The molecule has 11 heteroatoms. The van der Waals surface area contributed by atoms with Crippen LogP contribution in [-0.2, 0) is 9.84 Å². The van der Waals surface area contributed by atoms with Crippen molar-refractivity contribution in [2.75, 3.05) is 18.2 Å². The average molecular weight is 487 g/mol. The summed E-state index contributed by atoms with van der Waals surface area (Å²) >= 11 is 0. The molecule has 0 saturated carbocycles. The average Bonchev–Trinajstić information content (AvgIpc) is 2.79. The second-order valence-electron chi connectivity index (χ2n) is 7.61. The Bertz CT molecular complexity index is 1380. The number of pyridine rings is 1. The number of methoxy groups -OCH3 is 1. The third-order valence-corrected chi connectivity index (χ3v) is 7.30. The van der Waals surface area contributed by atoms with E-state index in [0.29, 0.717) is 5.75 Å². The predicted octanol–water partition coefficient (Wildman–Crippen LogP) is 3.19. The zero-order valence-electron chi connectivity index (χ0n) is 17.9. The number of rotatable bonds is 5. The lowest BCUT2D eigenvalue weighted by Crippen LogP contribution is -2.37. The zero-order valence-corrected chi connectivity index (χ0v) is 18.7. The van der Waals surface area contributed by atoms with Gasteiger partial charge in [-0.1, -0.05) is 12.1 Å². The van der Waals surface area contributed by atoms with Gasteiger partial charge >= 0.3 is 0 Å². The van der Waals surface area contributed by atoms with E-state index in [-0.39, 0.29) is 28.3 Å². The molecule has 8 nitrogen and oxygen atoms in total. The minimum absolute atomic E-state index is 0.0512. The standard InChI is InChI=1S/C23H20F2N4O4S/c1-33-16-6-8-19(27-11-16)23(30)28-15-5-7-18(25)17(10-15)20-12-34(31,32)21(22(26)29-20)13-3-2-4-14(24)9-13/h2-11,20-21H,12H2,1H3,(H2,26,29)(H,28,30). The van der Waals surface area contributed by atoms with Crippen molar-refractivity contribution in [2.45, 2.75) is 11.3 Å². The van der Waals surface area contributed by atoms with Gasteiger partial charge in [-0.15, -0.1) is 0 Å². The smallest absolute Gasteiger partial charge is 0.274 e. The molecule has 2 aromatic carbocycles. The Kier molecular flexibility index (Phi) is 6.29. The fraction of sp³-hybridized carbons (Fsp3) is 0.174. The molecule has 0 spiro atoms. The van der Waals surface area contributed by atoms with Gasteiger partial charge < -0.3 is 15.8 Å². The molecule has 4 rings (SSSR count). The van der Waals surface area contributed by atoms with Crippen molar-refractivity contribution < 1.29 is 26.7 Å². The highest BCUT2D eigenvalue weighted by atomic mass is 32.2. The molecule has 0 aliphatic carbocycles. The number of amidine groups is 1. The number of nitrogens with two attached hydrogens (primary N) is 1. The van der Waals surface area contributed by atoms with Crippen molar-refractivity contribution in [2.24, 2.45) is 10.7 Å². The maximum atomic E-state index is 14.7. The molecule has 1 aliphatic heterocycles. The van der Waals surface area contributed by atoms with Crippen LogP contribution in [0.5, 0.6) is 5.75 Å². The Morgan fingerprint density at radius 2 is 1.94 bits per heavy atom. The van der Waals surface area contributed by atoms with Crippen LogP contribution in [0, 0.1) is 11.6 Å². The number of benzene rings is 2. The van der Waals surface area contributed by atoms with Crippen LogP contribution in [0.4, 0.5) is 14.5 Å². The molecule has 1 amide bonds. The highest BCUT2D eigenvalue weighted by Crippen LogP contribution is 2.35. The van der Waals surface area contributed by atoms with E-state index in [1.54, 1.807) is 6.07 Å². The molecule has 2 heterocycles. The second kappa shape index (κ2) is 9.18. The van der Waals surface area contributed by atoms with Crippen LogP contribution in [0.15, 0.2) is 65.8 Å². The third kappa shape index (κ3) is 4.74. The van der Waals surface area contributed by atoms with Gasteiger partial charge in [0.25, 0.3) is 5.91 Å². The van der Waals surface area contributed by atoms with Crippen molar-refractivity contribution >= 4 is 27.3 Å². The van der Waals surface area contributed by atoms with Crippen LogP contribution >= 0.6 is 0 Å². The zero-order chi connectivity index (χ0) is 24.5.